The van der Waals surface area contributed by atoms with Gasteiger partial charge in [0.15, 0.2) is 0 Å². The van der Waals surface area contributed by atoms with Gasteiger partial charge in [-0.25, -0.2) is 0 Å². The van der Waals surface area contributed by atoms with Crippen molar-refractivity contribution in [1.82, 2.24) is 4.90 Å². The molecule has 3 nitrogen and oxygen atoms in total. The van der Waals surface area contributed by atoms with Gasteiger partial charge in [-0.2, -0.15) is 0 Å². The molecule has 2 aromatic heterocycles. The van der Waals surface area contributed by atoms with Crippen LogP contribution in [0.3, 0.4) is 0 Å². The third-order valence-corrected chi connectivity index (χ3v) is 3.79. The fourth-order valence-corrected chi connectivity index (χ4v) is 2.68. The number of ether oxygens (including phenoxy) is 1. The van der Waals surface area contributed by atoms with Gasteiger partial charge in [0.2, 0.25) is 0 Å². The van der Waals surface area contributed by atoms with Gasteiger partial charge in [-0.15, -0.1) is 11.3 Å². The van der Waals surface area contributed by atoms with Crippen LogP contribution in [0, 0.1) is 0 Å². The Hall–Kier alpha value is -1.10. The van der Waals surface area contributed by atoms with E-state index < -0.39 is 0 Å². The van der Waals surface area contributed by atoms with Crippen LogP contribution in [-0.2, 0) is 11.3 Å². The molecular formula is C13H15NO2S. The Morgan fingerprint density at radius 2 is 2.06 bits per heavy atom. The van der Waals surface area contributed by atoms with Crippen LogP contribution >= 0.6 is 11.3 Å². The summed E-state index contributed by atoms with van der Waals surface area (Å²) in [5, 5.41) is 2.07. The molecule has 0 bridgehead atoms. The zero-order valence-electron chi connectivity index (χ0n) is 9.59. The number of hydrogen-bond acceptors (Lipinski definition) is 4. The van der Waals surface area contributed by atoms with Crippen molar-refractivity contribution in [3.63, 3.8) is 0 Å². The molecule has 0 aliphatic carbocycles. The van der Waals surface area contributed by atoms with Crippen molar-refractivity contribution < 1.29 is 9.15 Å². The van der Waals surface area contributed by atoms with Crippen LogP contribution in [0.2, 0.25) is 0 Å². The summed E-state index contributed by atoms with van der Waals surface area (Å²) < 4.78 is 11.2. The average molecular weight is 249 g/mol. The summed E-state index contributed by atoms with van der Waals surface area (Å²) in [4.78, 5) is 3.55. The number of thiophene rings is 1. The average Bonchev–Trinajstić information content (AvgIpc) is 3.00. The topological polar surface area (TPSA) is 25.6 Å². The largest absolute Gasteiger partial charge is 0.459 e. The second kappa shape index (κ2) is 5.04. The lowest BCUT2D eigenvalue weighted by atomic mass is 10.3. The van der Waals surface area contributed by atoms with Gasteiger partial charge >= 0.3 is 0 Å². The Kier molecular flexibility index (Phi) is 3.27. The number of rotatable bonds is 3. The van der Waals surface area contributed by atoms with Crippen molar-refractivity contribution in [1.29, 1.82) is 0 Å². The van der Waals surface area contributed by atoms with E-state index >= 15 is 0 Å². The molecule has 90 valence electrons. The Labute approximate surface area is 105 Å². The molecule has 0 saturated carbocycles. The fraction of sp³-hybridized carbons (Fsp3) is 0.385. The minimum atomic E-state index is 0.832. The molecule has 0 amide bonds. The van der Waals surface area contributed by atoms with Crippen molar-refractivity contribution in [2.24, 2.45) is 0 Å². The molecular weight excluding hydrogens is 234 g/mol. The Balaban J connectivity index is 1.68. The van der Waals surface area contributed by atoms with E-state index in [0.29, 0.717) is 0 Å². The van der Waals surface area contributed by atoms with E-state index in [1.54, 1.807) is 11.3 Å². The maximum atomic E-state index is 5.86. The molecule has 1 aliphatic heterocycles. The van der Waals surface area contributed by atoms with Gasteiger partial charge < -0.3 is 9.15 Å². The first-order valence-corrected chi connectivity index (χ1v) is 6.72. The van der Waals surface area contributed by atoms with E-state index in [9.17, 15) is 0 Å². The molecule has 0 radical (unpaired) electrons. The second-order valence-corrected chi connectivity index (χ2v) is 5.08. The summed E-state index contributed by atoms with van der Waals surface area (Å²) in [5.74, 6) is 2.01. The van der Waals surface area contributed by atoms with Crippen LogP contribution in [0.5, 0.6) is 0 Å². The molecule has 0 atom stereocenters. The highest BCUT2D eigenvalue weighted by molar-refractivity contribution is 7.13. The van der Waals surface area contributed by atoms with Gasteiger partial charge in [-0.1, -0.05) is 6.07 Å². The zero-order valence-corrected chi connectivity index (χ0v) is 10.4. The lowest BCUT2D eigenvalue weighted by molar-refractivity contribution is 0.0314. The lowest BCUT2D eigenvalue weighted by Gasteiger charge is -2.25. The molecule has 3 heterocycles. The number of nitrogens with zero attached hydrogens (tertiary/aromatic N) is 1. The van der Waals surface area contributed by atoms with Gasteiger partial charge in [0.25, 0.3) is 0 Å². The summed E-state index contributed by atoms with van der Waals surface area (Å²) in [6.45, 7) is 4.54. The normalized spacial score (nSPS) is 17.4. The number of hydrogen-bond donors (Lipinski definition) is 0. The summed E-state index contributed by atoms with van der Waals surface area (Å²) in [6, 6.07) is 8.26. The third-order valence-electron chi connectivity index (χ3n) is 2.91. The first-order valence-electron chi connectivity index (χ1n) is 5.84. The van der Waals surface area contributed by atoms with Crippen molar-refractivity contribution in [3.8, 4) is 10.6 Å². The van der Waals surface area contributed by atoms with E-state index in [-0.39, 0.29) is 0 Å². The standard InChI is InChI=1S/C13H15NO2S/c1-2-13(17-9-1)12-4-3-11(16-12)10-14-5-7-15-8-6-14/h1-4,9H,5-8,10H2. The molecule has 1 aliphatic rings. The molecule has 2 aromatic rings. The van der Waals surface area contributed by atoms with Gasteiger partial charge in [0, 0.05) is 13.1 Å². The maximum absolute atomic E-state index is 5.86. The molecule has 0 aromatic carbocycles. The molecule has 1 saturated heterocycles. The highest BCUT2D eigenvalue weighted by Gasteiger charge is 2.13. The van der Waals surface area contributed by atoms with Crippen molar-refractivity contribution >= 4 is 11.3 Å². The van der Waals surface area contributed by atoms with Crippen LogP contribution in [0.1, 0.15) is 5.76 Å². The van der Waals surface area contributed by atoms with Crippen LogP contribution in [0.15, 0.2) is 34.1 Å². The maximum Gasteiger partial charge on any atom is 0.144 e. The molecule has 0 N–H and O–H groups in total. The summed E-state index contributed by atoms with van der Waals surface area (Å²) in [7, 11) is 0. The summed E-state index contributed by atoms with van der Waals surface area (Å²) in [5.41, 5.74) is 0. The van der Waals surface area contributed by atoms with E-state index in [1.165, 1.54) is 4.88 Å². The first kappa shape index (κ1) is 11.0. The fourth-order valence-electron chi connectivity index (χ4n) is 1.99. The molecule has 17 heavy (non-hydrogen) atoms. The zero-order chi connectivity index (χ0) is 11.5. The van der Waals surface area contributed by atoms with Gasteiger partial charge in [-0.3, -0.25) is 4.90 Å². The predicted molar refractivity (Wildman–Crippen MR) is 68.1 cm³/mol. The first-order chi connectivity index (χ1) is 8.42. The van der Waals surface area contributed by atoms with Gasteiger partial charge in [0.1, 0.15) is 11.5 Å². The molecule has 1 fully saturated rings. The monoisotopic (exact) mass is 249 g/mol. The molecule has 0 unspecified atom stereocenters. The van der Waals surface area contributed by atoms with Gasteiger partial charge in [-0.05, 0) is 23.6 Å². The SMILES string of the molecule is c1csc(-c2ccc(CN3CCOCC3)o2)c1. The minimum absolute atomic E-state index is 0.832. The van der Waals surface area contributed by atoms with Crippen molar-refractivity contribution in [2.75, 3.05) is 26.3 Å². The Morgan fingerprint density at radius 3 is 2.82 bits per heavy atom. The minimum Gasteiger partial charge on any atom is -0.459 e. The van der Waals surface area contributed by atoms with Crippen LogP contribution in [0.4, 0.5) is 0 Å². The van der Waals surface area contributed by atoms with E-state index in [2.05, 4.69) is 28.5 Å². The predicted octanol–water partition coefficient (Wildman–Crippen LogP) is 2.84. The molecule has 4 heteroatoms. The number of morpholine rings is 1. The summed E-state index contributed by atoms with van der Waals surface area (Å²) >= 11 is 1.71. The van der Waals surface area contributed by atoms with E-state index in [0.717, 1.165) is 44.4 Å². The van der Waals surface area contributed by atoms with Crippen LogP contribution in [0.25, 0.3) is 10.6 Å². The van der Waals surface area contributed by atoms with Crippen molar-refractivity contribution in [3.05, 3.63) is 35.4 Å². The Morgan fingerprint density at radius 1 is 1.18 bits per heavy atom. The highest BCUT2D eigenvalue weighted by Crippen LogP contribution is 2.27. The Bertz CT molecular complexity index is 457. The van der Waals surface area contributed by atoms with Crippen LogP contribution in [-0.4, -0.2) is 31.2 Å². The van der Waals surface area contributed by atoms with E-state index in [4.69, 9.17) is 9.15 Å². The molecule has 3 rings (SSSR count). The molecule has 0 spiro atoms. The summed E-state index contributed by atoms with van der Waals surface area (Å²) in [6.07, 6.45) is 0. The quantitative estimate of drug-likeness (QED) is 0.836. The van der Waals surface area contributed by atoms with Crippen LogP contribution < -0.4 is 0 Å². The second-order valence-electron chi connectivity index (χ2n) is 4.13. The van der Waals surface area contributed by atoms with E-state index in [1.807, 2.05) is 6.07 Å². The highest BCUT2D eigenvalue weighted by atomic mass is 32.1. The number of furan rings is 1. The van der Waals surface area contributed by atoms with Crippen molar-refractivity contribution in [2.45, 2.75) is 6.54 Å². The smallest absolute Gasteiger partial charge is 0.144 e. The van der Waals surface area contributed by atoms with Gasteiger partial charge in [0.05, 0.1) is 24.6 Å². The third kappa shape index (κ3) is 2.60. The lowest BCUT2D eigenvalue weighted by Crippen LogP contribution is -2.35.